The minimum Gasteiger partial charge on any atom is -0.321 e. The molecule has 1 N–H and O–H groups in total. The Labute approximate surface area is 153 Å². The van der Waals surface area contributed by atoms with E-state index >= 15 is 0 Å². The zero-order valence-electron chi connectivity index (χ0n) is 12.3. The Morgan fingerprint density at radius 3 is 2.57 bits per heavy atom. The van der Waals surface area contributed by atoms with Gasteiger partial charge in [0.25, 0.3) is 5.91 Å². The molecule has 0 spiro atoms. The summed E-state index contributed by atoms with van der Waals surface area (Å²) in [6.07, 6.45) is 0. The van der Waals surface area contributed by atoms with Crippen molar-refractivity contribution in [1.29, 1.82) is 0 Å². The second-order valence-electron chi connectivity index (χ2n) is 5.28. The molecule has 6 heteroatoms. The van der Waals surface area contributed by atoms with Gasteiger partial charge in [0.05, 0.1) is 10.0 Å². The molecule has 2 aromatic carbocycles. The third-order valence-electron chi connectivity index (χ3n) is 3.50. The number of carbonyl (C=O) groups excluding carboxylic acids is 1. The van der Waals surface area contributed by atoms with Gasteiger partial charge in [0.2, 0.25) is 0 Å². The molecule has 118 valence electrons. The first-order valence-corrected chi connectivity index (χ1v) is 8.77. The highest BCUT2D eigenvalue weighted by atomic mass is 35.5. The first-order valence-electron chi connectivity index (χ1n) is 6.82. The fraction of sp³-hybridized carbons (Fsp3) is 0.118. The number of nitrogens with one attached hydrogen (secondary N) is 1. The molecule has 3 aromatic rings. The quantitative estimate of drug-likeness (QED) is 0.521. The number of carbonyl (C=O) groups is 1. The summed E-state index contributed by atoms with van der Waals surface area (Å²) in [6.45, 7) is 3.92. The van der Waals surface area contributed by atoms with Crippen molar-refractivity contribution in [3.05, 3.63) is 61.4 Å². The normalized spacial score (nSPS) is 11.0. The molecule has 0 aliphatic carbocycles. The van der Waals surface area contributed by atoms with E-state index in [9.17, 15) is 4.79 Å². The minimum absolute atomic E-state index is 0.253. The molecule has 0 saturated heterocycles. The van der Waals surface area contributed by atoms with Crippen LogP contribution in [0.2, 0.25) is 15.1 Å². The summed E-state index contributed by atoms with van der Waals surface area (Å²) < 4.78 is 0.790. The first-order chi connectivity index (χ1) is 10.9. The Kier molecular flexibility index (Phi) is 4.56. The second-order valence-corrected chi connectivity index (χ2v) is 7.55. The molecule has 3 rings (SSSR count). The van der Waals surface area contributed by atoms with Crippen molar-refractivity contribution in [2.45, 2.75) is 13.8 Å². The van der Waals surface area contributed by atoms with Crippen molar-refractivity contribution < 1.29 is 4.79 Å². The summed E-state index contributed by atoms with van der Waals surface area (Å²) in [5.74, 6) is -0.253. The lowest BCUT2D eigenvalue weighted by molar-refractivity contribution is 0.103. The van der Waals surface area contributed by atoms with Gasteiger partial charge in [-0.2, -0.15) is 0 Å². The summed E-state index contributed by atoms with van der Waals surface area (Å²) in [6, 6.07) is 9.27. The van der Waals surface area contributed by atoms with E-state index in [2.05, 4.69) is 5.32 Å². The number of fused-ring (bicyclic) bond motifs is 1. The van der Waals surface area contributed by atoms with Crippen LogP contribution in [0.5, 0.6) is 0 Å². The number of rotatable bonds is 2. The van der Waals surface area contributed by atoms with Gasteiger partial charge < -0.3 is 5.32 Å². The predicted octanol–water partition coefficient (Wildman–Crippen LogP) is 6.73. The molecule has 0 aliphatic rings. The van der Waals surface area contributed by atoms with Crippen molar-refractivity contribution >= 4 is 67.8 Å². The zero-order chi connectivity index (χ0) is 16.7. The number of hydrogen-bond acceptors (Lipinski definition) is 2. The summed E-state index contributed by atoms with van der Waals surface area (Å²) in [4.78, 5) is 13.0. The lowest BCUT2D eigenvalue weighted by Crippen LogP contribution is -2.11. The lowest BCUT2D eigenvalue weighted by Gasteiger charge is -2.08. The van der Waals surface area contributed by atoms with Gasteiger partial charge >= 0.3 is 0 Å². The maximum atomic E-state index is 12.6. The van der Waals surface area contributed by atoms with Crippen molar-refractivity contribution in [2.24, 2.45) is 0 Å². The molecule has 0 saturated carbocycles. The number of amides is 1. The monoisotopic (exact) mass is 383 g/mol. The summed E-state index contributed by atoms with van der Waals surface area (Å²) in [7, 11) is 0. The van der Waals surface area contributed by atoms with Crippen LogP contribution < -0.4 is 5.32 Å². The van der Waals surface area contributed by atoms with E-state index in [1.165, 1.54) is 11.3 Å². The van der Waals surface area contributed by atoms with Crippen LogP contribution in [0.25, 0.3) is 10.1 Å². The van der Waals surface area contributed by atoms with Crippen LogP contribution in [0.4, 0.5) is 5.69 Å². The zero-order valence-corrected chi connectivity index (χ0v) is 15.4. The molecule has 0 unspecified atom stereocenters. The molecule has 23 heavy (non-hydrogen) atoms. The molecule has 0 atom stereocenters. The number of thiophene rings is 1. The molecular weight excluding hydrogens is 373 g/mol. The van der Waals surface area contributed by atoms with Crippen LogP contribution >= 0.6 is 46.1 Å². The van der Waals surface area contributed by atoms with Crippen LogP contribution in [-0.4, -0.2) is 5.91 Å². The second kappa shape index (κ2) is 6.33. The van der Waals surface area contributed by atoms with Crippen LogP contribution in [-0.2, 0) is 0 Å². The molecule has 0 aliphatic heterocycles. The molecular formula is C17H12Cl3NOS. The molecule has 1 aromatic heterocycles. The lowest BCUT2D eigenvalue weighted by atomic mass is 10.1. The average Bonchev–Trinajstić information content (AvgIpc) is 2.80. The van der Waals surface area contributed by atoms with Crippen LogP contribution in [0.1, 0.15) is 20.8 Å². The third-order valence-corrected chi connectivity index (χ3v) is 5.64. The van der Waals surface area contributed by atoms with E-state index in [0.717, 1.165) is 21.5 Å². The van der Waals surface area contributed by atoms with E-state index in [0.29, 0.717) is 25.3 Å². The van der Waals surface area contributed by atoms with Gasteiger partial charge in [0.15, 0.2) is 0 Å². The van der Waals surface area contributed by atoms with E-state index in [-0.39, 0.29) is 5.91 Å². The minimum atomic E-state index is -0.253. The summed E-state index contributed by atoms with van der Waals surface area (Å²) in [5.41, 5.74) is 2.83. The van der Waals surface area contributed by atoms with Gasteiger partial charge in [0, 0.05) is 20.8 Å². The standard InChI is InChI=1S/C17H12Cl3NOS/c1-8-3-4-9(2)12(5-8)21-17(22)16-15(20)14-11(19)6-10(18)7-13(14)23-16/h3-7H,1-2H3,(H,21,22). The Balaban J connectivity index is 2.03. The van der Waals surface area contributed by atoms with Gasteiger partial charge in [-0.05, 0) is 43.2 Å². The predicted molar refractivity (Wildman–Crippen MR) is 101 cm³/mol. The van der Waals surface area contributed by atoms with E-state index < -0.39 is 0 Å². The summed E-state index contributed by atoms with van der Waals surface area (Å²) in [5, 5.41) is 4.89. The molecule has 0 bridgehead atoms. The number of benzene rings is 2. The fourth-order valence-corrected chi connectivity index (χ4v) is 4.58. The van der Waals surface area contributed by atoms with E-state index in [1.807, 2.05) is 32.0 Å². The average molecular weight is 385 g/mol. The smallest absolute Gasteiger partial charge is 0.267 e. The number of aryl methyl sites for hydroxylation is 2. The Hall–Kier alpha value is -1.26. The molecule has 0 fully saturated rings. The Bertz CT molecular complexity index is 933. The van der Waals surface area contributed by atoms with Gasteiger partial charge in [-0.15, -0.1) is 11.3 Å². The van der Waals surface area contributed by atoms with Crippen LogP contribution in [0.3, 0.4) is 0 Å². The van der Waals surface area contributed by atoms with Gasteiger partial charge in [0.1, 0.15) is 4.88 Å². The maximum absolute atomic E-state index is 12.6. The highest BCUT2D eigenvalue weighted by Gasteiger charge is 2.20. The van der Waals surface area contributed by atoms with E-state index in [4.69, 9.17) is 34.8 Å². The van der Waals surface area contributed by atoms with Gasteiger partial charge in [-0.3, -0.25) is 4.79 Å². The third kappa shape index (κ3) is 3.20. The number of anilines is 1. The van der Waals surface area contributed by atoms with E-state index in [1.54, 1.807) is 12.1 Å². The largest absolute Gasteiger partial charge is 0.321 e. The number of hydrogen-bond donors (Lipinski definition) is 1. The van der Waals surface area contributed by atoms with Crippen LogP contribution in [0.15, 0.2) is 30.3 Å². The molecule has 1 heterocycles. The summed E-state index contributed by atoms with van der Waals surface area (Å²) >= 11 is 19.9. The first kappa shape index (κ1) is 16.6. The number of halogens is 3. The van der Waals surface area contributed by atoms with Gasteiger partial charge in [-0.25, -0.2) is 0 Å². The van der Waals surface area contributed by atoms with Crippen molar-refractivity contribution in [3.63, 3.8) is 0 Å². The molecule has 0 radical (unpaired) electrons. The SMILES string of the molecule is Cc1ccc(C)c(NC(=O)c2sc3cc(Cl)cc(Cl)c3c2Cl)c1. The maximum Gasteiger partial charge on any atom is 0.267 e. The van der Waals surface area contributed by atoms with Crippen molar-refractivity contribution in [3.8, 4) is 0 Å². The highest BCUT2D eigenvalue weighted by molar-refractivity contribution is 7.21. The fourth-order valence-electron chi connectivity index (χ4n) is 2.31. The van der Waals surface area contributed by atoms with Crippen LogP contribution in [0, 0.1) is 13.8 Å². The Morgan fingerprint density at radius 1 is 1.09 bits per heavy atom. The van der Waals surface area contributed by atoms with Crippen molar-refractivity contribution in [2.75, 3.05) is 5.32 Å². The van der Waals surface area contributed by atoms with Crippen molar-refractivity contribution in [1.82, 2.24) is 0 Å². The highest BCUT2D eigenvalue weighted by Crippen LogP contribution is 2.41. The Morgan fingerprint density at radius 2 is 1.83 bits per heavy atom. The molecule has 2 nitrogen and oxygen atoms in total. The van der Waals surface area contributed by atoms with Gasteiger partial charge in [-0.1, -0.05) is 46.9 Å². The molecule has 1 amide bonds. The topological polar surface area (TPSA) is 29.1 Å².